The van der Waals surface area contributed by atoms with Gasteiger partial charge in [-0.15, -0.1) is 11.3 Å². The molecule has 2 aromatic rings. The van der Waals surface area contributed by atoms with Gasteiger partial charge in [0.05, 0.1) is 14.2 Å². The van der Waals surface area contributed by atoms with Crippen LogP contribution in [0, 0.1) is 6.92 Å². The number of hydrogen-bond donors (Lipinski definition) is 1. The fraction of sp³-hybridized carbons (Fsp3) is 0.312. The summed E-state index contributed by atoms with van der Waals surface area (Å²) in [5.41, 5.74) is 9.32. The lowest BCUT2D eigenvalue weighted by Crippen LogP contribution is -2.05. The highest BCUT2D eigenvalue weighted by molar-refractivity contribution is 7.17. The van der Waals surface area contributed by atoms with Crippen LogP contribution in [0.5, 0.6) is 5.75 Å². The minimum absolute atomic E-state index is 0.396. The lowest BCUT2D eigenvalue weighted by molar-refractivity contribution is 0.0603. The molecule has 0 spiro atoms. The summed E-state index contributed by atoms with van der Waals surface area (Å²) in [6, 6.07) is 5.85. The van der Waals surface area contributed by atoms with Gasteiger partial charge in [0.15, 0.2) is 0 Å². The predicted octanol–water partition coefficient (Wildman–Crippen LogP) is 3.66. The molecule has 4 nitrogen and oxygen atoms in total. The number of esters is 1. The van der Waals surface area contributed by atoms with Crippen molar-refractivity contribution in [2.45, 2.75) is 20.3 Å². The summed E-state index contributed by atoms with van der Waals surface area (Å²) in [4.78, 5) is 13.1. The van der Waals surface area contributed by atoms with E-state index in [1.165, 1.54) is 18.4 Å². The summed E-state index contributed by atoms with van der Waals surface area (Å²) < 4.78 is 10.2. The smallest absolute Gasteiger partial charge is 0.341 e. The van der Waals surface area contributed by atoms with Crippen LogP contribution in [-0.4, -0.2) is 20.2 Å². The van der Waals surface area contributed by atoms with Gasteiger partial charge in [0.2, 0.25) is 0 Å². The molecule has 0 atom stereocenters. The van der Waals surface area contributed by atoms with Crippen LogP contribution >= 0.6 is 11.3 Å². The third-order valence-electron chi connectivity index (χ3n) is 3.40. The van der Waals surface area contributed by atoms with Crippen molar-refractivity contribution in [2.75, 3.05) is 20.0 Å². The molecule has 0 aliphatic carbocycles. The fourth-order valence-corrected chi connectivity index (χ4v) is 3.41. The number of hydrogen-bond acceptors (Lipinski definition) is 5. The standard InChI is InChI=1S/C16H19NO3S/c1-5-12-13(14(15(17)21-12)16(18)20-4)10-6-7-11(19-3)9(2)8-10/h6-8H,5,17H2,1-4H3. The van der Waals surface area contributed by atoms with E-state index < -0.39 is 5.97 Å². The molecule has 1 aromatic carbocycles. The van der Waals surface area contributed by atoms with Gasteiger partial charge in [-0.3, -0.25) is 0 Å². The molecule has 0 fully saturated rings. The number of benzene rings is 1. The zero-order valence-electron chi connectivity index (χ0n) is 12.6. The maximum Gasteiger partial charge on any atom is 0.341 e. The monoisotopic (exact) mass is 305 g/mol. The van der Waals surface area contributed by atoms with Crippen LogP contribution in [0.25, 0.3) is 11.1 Å². The molecule has 0 aliphatic heterocycles. The fourth-order valence-electron chi connectivity index (χ4n) is 2.39. The topological polar surface area (TPSA) is 61.6 Å². The maximum absolute atomic E-state index is 12.0. The van der Waals surface area contributed by atoms with Gasteiger partial charge in [0, 0.05) is 10.4 Å². The number of carbonyl (C=O) groups is 1. The van der Waals surface area contributed by atoms with Crippen molar-refractivity contribution >= 4 is 22.3 Å². The molecule has 0 bridgehead atoms. The minimum Gasteiger partial charge on any atom is -0.496 e. The van der Waals surface area contributed by atoms with Crippen molar-refractivity contribution in [3.8, 4) is 16.9 Å². The molecule has 1 aromatic heterocycles. The van der Waals surface area contributed by atoms with E-state index >= 15 is 0 Å². The lowest BCUT2D eigenvalue weighted by Gasteiger charge is -2.10. The van der Waals surface area contributed by atoms with Crippen LogP contribution in [0.15, 0.2) is 18.2 Å². The highest BCUT2D eigenvalue weighted by Crippen LogP contribution is 2.40. The van der Waals surface area contributed by atoms with E-state index in [1.54, 1.807) is 7.11 Å². The van der Waals surface area contributed by atoms with Crippen molar-refractivity contribution in [3.05, 3.63) is 34.2 Å². The second kappa shape index (κ2) is 6.18. The van der Waals surface area contributed by atoms with Gasteiger partial charge in [-0.2, -0.15) is 0 Å². The summed E-state index contributed by atoms with van der Waals surface area (Å²) in [6.45, 7) is 4.02. The van der Waals surface area contributed by atoms with Crippen LogP contribution in [0.1, 0.15) is 27.7 Å². The molecule has 0 radical (unpaired) electrons. The molecule has 2 N–H and O–H groups in total. The van der Waals surface area contributed by atoms with E-state index in [0.717, 1.165) is 33.7 Å². The molecule has 112 valence electrons. The number of ether oxygens (including phenoxy) is 2. The minimum atomic E-state index is -0.396. The average molecular weight is 305 g/mol. The van der Waals surface area contributed by atoms with Gasteiger partial charge in [-0.05, 0) is 36.6 Å². The number of aryl methyl sites for hydroxylation is 2. The third kappa shape index (κ3) is 2.74. The molecule has 0 amide bonds. The second-order valence-electron chi connectivity index (χ2n) is 4.67. The zero-order valence-corrected chi connectivity index (χ0v) is 13.5. The van der Waals surface area contributed by atoms with Crippen molar-refractivity contribution in [1.82, 2.24) is 0 Å². The van der Waals surface area contributed by atoms with Crippen molar-refractivity contribution in [2.24, 2.45) is 0 Å². The molecule has 0 aliphatic rings. The maximum atomic E-state index is 12.0. The first kappa shape index (κ1) is 15.4. The first-order chi connectivity index (χ1) is 10.0. The van der Waals surface area contributed by atoms with Gasteiger partial charge in [-0.1, -0.05) is 13.0 Å². The van der Waals surface area contributed by atoms with Crippen LogP contribution in [-0.2, 0) is 11.2 Å². The predicted molar refractivity (Wildman–Crippen MR) is 86.2 cm³/mol. The molecule has 1 heterocycles. The van der Waals surface area contributed by atoms with Crippen LogP contribution in [0.3, 0.4) is 0 Å². The number of methoxy groups -OCH3 is 2. The first-order valence-electron chi connectivity index (χ1n) is 6.67. The molecule has 5 heteroatoms. The Morgan fingerprint density at radius 1 is 1.33 bits per heavy atom. The number of anilines is 1. The quantitative estimate of drug-likeness (QED) is 0.876. The van der Waals surface area contributed by atoms with Crippen molar-refractivity contribution in [1.29, 1.82) is 0 Å². The number of nitrogen functional groups attached to an aromatic ring is 1. The Morgan fingerprint density at radius 3 is 2.57 bits per heavy atom. The lowest BCUT2D eigenvalue weighted by atomic mass is 9.98. The van der Waals surface area contributed by atoms with Crippen molar-refractivity contribution in [3.63, 3.8) is 0 Å². The van der Waals surface area contributed by atoms with Gasteiger partial charge in [0.1, 0.15) is 16.3 Å². The number of carbonyl (C=O) groups excluding carboxylic acids is 1. The Bertz CT molecular complexity index is 676. The number of nitrogens with two attached hydrogens (primary N) is 1. The van der Waals surface area contributed by atoms with Gasteiger partial charge in [0.25, 0.3) is 0 Å². The Balaban J connectivity index is 2.67. The van der Waals surface area contributed by atoms with Gasteiger partial charge in [-0.25, -0.2) is 4.79 Å². The van der Waals surface area contributed by atoms with E-state index in [1.807, 2.05) is 32.0 Å². The molecule has 0 saturated heterocycles. The normalized spacial score (nSPS) is 10.5. The van der Waals surface area contributed by atoms with E-state index in [4.69, 9.17) is 15.2 Å². The summed E-state index contributed by atoms with van der Waals surface area (Å²) in [5, 5.41) is 0.502. The Labute approximate surface area is 128 Å². The van der Waals surface area contributed by atoms with Crippen LogP contribution in [0.4, 0.5) is 5.00 Å². The highest BCUT2D eigenvalue weighted by Gasteiger charge is 2.23. The Kier molecular flexibility index (Phi) is 4.53. The van der Waals surface area contributed by atoms with Gasteiger partial charge < -0.3 is 15.2 Å². The SMILES string of the molecule is CCc1sc(N)c(C(=O)OC)c1-c1ccc(OC)c(C)c1. The number of rotatable bonds is 4. The van der Waals surface area contributed by atoms with Crippen LogP contribution < -0.4 is 10.5 Å². The molecule has 2 rings (SSSR count). The van der Waals surface area contributed by atoms with E-state index in [2.05, 4.69) is 0 Å². The highest BCUT2D eigenvalue weighted by atomic mass is 32.1. The number of thiophene rings is 1. The van der Waals surface area contributed by atoms with Crippen molar-refractivity contribution < 1.29 is 14.3 Å². The van der Waals surface area contributed by atoms with Crippen LogP contribution in [0.2, 0.25) is 0 Å². The van der Waals surface area contributed by atoms with E-state index in [0.29, 0.717) is 10.6 Å². The molecular formula is C16H19NO3S. The third-order valence-corrected chi connectivity index (χ3v) is 4.57. The second-order valence-corrected chi connectivity index (χ2v) is 5.81. The summed E-state index contributed by atoms with van der Waals surface area (Å²) in [5.74, 6) is 0.423. The Morgan fingerprint density at radius 2 is 2.05 bits per heavy atom. The summed E-state index contributed by atoms with van der Waals surface area (Å²) in [7, 11) is 3.01. The zero-order chi connectivity index (χ0) is 15.6. The first-order valence-corrected chi connectivity index (χ1v) is 7.49. The van der Waals surface area contributed by atoms with E-state index in [9.17, 15) is 4.79 Å². The van der Waals surface area contributed by atoms with Gasteiger partial charge >= 0.3 is 5.97 Å². The summed E-state index contributed by atoms with van der Waals surface area (Å²) in [6.07, 6.45) is 0.812. The Hall–Kier alpha value is -2.01. The average Bonchev–Trinajstić information content (AvgIpc) is 2.83. The molecule has 0 saturated carbocycles. The molecule has 0 unspecified atom stereocenters. The van der Waals surface area contributed by atoms with E-state index in [-0.39, 0.29) is 0 Å². The largest absolute Gasteiger partial charge is 0.496 e. The molecular weight excluding hydrogens is 286 g/mol. The molecule has 21 heavy (non-hydrogen) atoms. The summed E-state index contributed by atoms with van der Waals surface area (Å²) >= 11 is 1.44.